The van der Waals surface area contributed by atoms with Crippen molar-refractivity contribution in [3.8, 4) is 0 Å². The Morgan fingerprint density at radius 1 is 1.62 bits per heavy atom. The zero-order valence-corrected chi connectivity index (χ0v) is 9.02. The molecule has 0 aromatic carbocycles. The number of carbonyl (C=O) groups is 1. The van der Waals surface area contributed by atoms with Gasteiger partial charge in [-0.15, -0.1) is 11.3 Å². The molecule has 0 bridgehead atoms. The van der Waals surface area contributed by atoms with Crippen LogP contribution in [0.15, 0.2) is 11.6 Å². The normalized spacial score (nSPS) is 15.6. The average Bonchev–Trinajstić information content (AvgIpc) is 2.65. The average molecular weight is 254 g/mol. The van der Waals surface area contributed by atoms with E-state index in [9.17, 15) is 18.0 Å². The molecule has 0 radical (unpaired) electrons. The summed E-state index contributed by atoms with van der Waals surface area (Å²) in [4.78, 5) is 14.9. The Bertz CT molecular complexity index is 362. The lowest BCUT2D eigenvalue weighted by Gasteiger charge is -2.26. The Kier molecular flexibility index (Phi) is 3.54. The van der Waals surface area contributed by atoms with Crippen molar-refractivity contribution in [3.63, 3.8) is 0 Å². The first-order chi connectivity index (χ1) is 7.24. The number of nitrogens with zero attached hydrogens (tertiary/aromatic N) is 1. The predicted molar refractivity (Wildman–Crippen MR) is 51.1 cm³/mol. The number of aromatic nitrogens is 1. The van der Waals surface area contributed by atoms with Crippen molar-refractivity contribution in [2.75, 3.05) is 6.54 Å². The molecule has 0 spiro atoms. The molecule has 1 amide bonds. The molecule has 90 valence electrons. The van der Waals surface area contributed by atoms with Crippen LogP contribution in [0.4, 0.5) is 13.2 Å². The van der Waals surface area contributed by atoms with Gasteiger partial charge in [0.05, 0.1) is 6.54 Å². The molecule has 8 heteroatoms. The van der Waals surface area contributed by atoms with Gasteiger partial charge in [0.2, 0.25) is 0 Å². The van der Waals surface area contributed by atoms with Crippen molar-refractivity contribution in [1.29, 1.82) is 0 Å². The number of halogens is 3. The van der Waals surface area contributed by atoms with E-state index >= 15 is 0 Å². The molecule has 1 atom stereocenters. The van der Waals surface area contributed by atoms with Crippen LogP contribution in [-0.2, 0) is 0 Å². The number of aliphatic hydroxyl groups is 1. The highest BCUT2D eigenvalue weighted by Crippen LogP contribution is 2.29. The fourth-order valence-electron chi connectivity index (χ4n) is 0.764. The molecular weight excluding hydrogens is 245 g/mol. The summed E-state index contributed by atoms with van der Waals surface area (Å²) < 4.78 is 36.6. The lowest BCUT2D eigenvalue weighted by molar-refractivity contribution is -0.249. The van der Waals surface area contributed by atoms with Gasteiger partial charge < -0.3 is 10.4 Å². The summed E-state index contributed by atoms with van der Waals surface area (Å²) >= 11 is 1.00. The number of rotatable bonds is 3. The zero-order chi connectivity index (χ0) is 12.4. The minimum atomic E-state index is -4.79. The SMILES string of the molecule is CC(O)(CNC(=O)c1nccs1)C(F)(F)F. The first-order valence-electron chi connectivity index (χ1n) is 4.21. The van der Waals surface area contributed by atoms with E-state index in [1.165, 1.54) is 11.6 Å². The monoisotopic (exact) mass is 254 g/mol. The van der Waals surface area contributed by atoms with Crippen molar-refractivity contribution in [3.05, 3.63) is 16.6 Å². The minimum absolute atomic E-state index is 0.0537. The van der Waals surface area contributed by atoms with Crippen LogP contribution in [0.1, 0.15) is 16.7 Å². The number of alkyl halides is 3. The van der Waals surface area contributed by atoms with Gasteiger partial charge in [0.15, 0.2) is 10.6 Å². The van der Waals surface area contributed by atoms with Crippen LogP contribution in [0.25, 0.3) is 0 Å². The molecule has 1 heterocycles. The van der Waals surface area contributed by atoms with E-state index in [1.54, 1.807) is 0 Å². The fraction of sp³-hybridized carbons (Fsp3) is 0.500. The third kappa shape index (κ3) is 2.92. The minimum Gasteiger partial charge on any atom is -0.379 e. The second-order valence-electron chi connectivity index (χ2n) is 3.29. The van der Waals surface area contributed by atoms with Gasteiger partial charge in [-0.3, -0.25) is 4.79 Å². The van der Waals surface area contributed by atoms with Crippen LogP contribution in [0.2, 0.25) is 0 Å². The Morgan fingerprint density at radius 2 is 2.25 bits per heavy atom. The molecule has 0 saturated heterocycles. The molecule has 16 heavy (non-hydrogen) atoms. The van der Waals surface area contributed by atoms with Crippen LogP contribution in [-0.4, -0.2) is 34.3 Å². The van der Waals surface area contributed by atoms with Crippen molar-refractivity contribution in [1.82, 2.24) is 10.3 Å². The standard InChI is InChI=1S/C8H9F3N2O2S/c1-7(15,8(9,10)11)4-13-5(14)6-12-2-3-16-6/h2-3,15H,4H2,1H3,(H,13,14). The number of hydrogen-bond donors (Lipinski definition) is 2. The van der Waals surface area contributed by atoms with Gasteiger partial charge in [-0.1, -0.05) is 0 Å². The molecule has 1 rings (SSSR count). The number of carbonyl (C=O) groups excluding carboxylic acids is 1. The Hall–Kier alpha value is -1.15. The molecule has 1 unspecified atom stereocenters. The zero-order valence-electron chi connectivity index (χ0n) is 8.21. The number of nitrogens with one attached hydrogen (secondary N) is 1. The van der Waals surface area contributed by atoms with Gasteiger partial charge in [0, 0.05) is 11.6 Å². The van der Waals surface area contributed by atoms with E-state index < -0.39 is 24.2 Å². The van der Waals surface area contributed by atoms with Gasteiger partial charge in [-0.25, -0.2) is 4.98 Å². The Morgan fingerprint density at radius 3 is 2.69 bits per heavy atom. The molecule has 1 aromatic rings. The van der Waals surface area contributed by atoms with E-state index in [0.717, 1.165) is 11.3 Å². The molecule has 0 fully saturated rings. The van der Waals surface area contributed by atoms with E-state index in [2.05, 4.69) is 4.98 Å². The molecule has 1 aromatic heterocycles. The lowest BCUT2D eigenvalue weighted by Crippen LogP contribution is -2.51. The Balaban J connectivity index is 2.56. The number of amides is 1. The molecule has 2 N–H and O–H groups in total. The number of hydrogen-bond acceptors (Lipinski definition) is 4. The van der Waals surface area contributed by atoms with Crippen LogP contribution in [0.3, 0.4) is 0 Å². The van der Waals surface area contributed by atoms with Gasteiger partial charge in [-0.05, 0) is 6.92 Å². The van der Waals surface area contributed by atoms with Crippen molar-refractivity contribution in [2.45, 2.75) is 18.7 Å². The summed E-state index contributed by atoms with van der Waals surface area (Å²) in [7, 11) is 0. The quantitative estimate of drug-likeness (QED) is 0.851. The predicted octanol–water partition coefficient (Wildman–Crippen LogP) is 1.19. The van der Waals surface area contributed by atoms with E-state index in [4.69, 9.17) is 5.11 Å². The van der Waals surface area contributed by atoms with Crippen LogP contribution < -0.4 is 5.32 Å². The van der Waals surface area contributed by atoms with Crippen LogP contribution >= 0.6 is 11.3 Å². The van der Waals surface area contributed by atoms with Crippen LogP contribution in [0, 0.1) is 0 Å². The first-order valence-corrected chi connectivity index (χ1v) is 5.09. The highest BCUT2D eigenvalue weighted by molar-refractivity contribution is 7.11. The second kappa shape index (κ2) is 4.38. The molecule has 0 aliphatic rings. The molecule has 0 saturated carbocycles. The molecule has 4 nitrogen and oxygen atoms in total. The van der Waals surface area contributed by atoms with E-state index in [1.807, 2.05) is 5.32 Å². The van der Waals surface area contributed by atoms with Gasteiger partial charge >= 0.3 is 6.18 Å². The van der Waals surface area contributed by atoms with Crippen molar-refractivity contribution < 1.29 is 23.1 Å². The van der Waals surface area contributed by atoms with Gasteiger partial charge in [0.1, 0.15) is 0 Å². The third-order valence-electron chi connectivity index (χ3n) is 1.83. The highest BCUT2D eigenvalue weighted by atomic mass is 32.1. The number of thiazole rings is 1. The van der Waals surface area contributed by atoms with Crippen molar-refractivity contribution >= 4 is 17.2 Å². The molecular formula is C8H9F3N2O2S. The summed E-state index contributed by atoms with van der Waals surface area (Å²) in [5.41, 5.74) is -2.94. The lowest BCUT2D eigenvalue weighted by atomic mass is 10.1. The van der Waals surface area contributed by atoms with E-state index in [0.29, 0.717) is 6.92 Å². The summed E-state index contributed by atoms with van der Waals surface area (Å²) in [6.07, 6.45) is -3.43. The van der Waals surface area contributed by atoms with E-state index in [-0.39, 0.29) is 5.01 Å². The highest BCUT2D eigenvalue weighted by Gasteiger charge is 2.49. The van der Waals surface area contributed by atoms with Gasteiger partial charge in [-0.2, -0.15) is 13.2 Å². The second-order valence-corrected chi connectivity index (χ2v) is 4.19. The van der Waals surface area contributed by atoms with Crippen molar-refractivity contribution in [2.24, 2.45) is 0 Å². The third-order valence-corrected chi connectivity index (χ3v) is 2.60. The van der Waals surface area contributed by atoms with Gasteiger partial charge in [0.25, 0.3) is 5.91 Å². The largest absolute Gasteiger partial charge is 0.418 e. The summed E-state index contributed by atoms with van der Waals surface area (Å²) in [6, 6.07) is 0. The van der Waals surface area contributed by atoms with Crippen LogP contribution in [0.5, 0.6) is 0 Å². The summed E-state index contributed by atoms with van der Waals surface area (Å²) in [5.74, 6) is -0.737. The Labute approximate surface area is 93.1 Å². The smallest absolute Gasteiger partial charge is 0.379 e. The first kappa shape index (κ1) is 12.9. The molecule has 0 aliphatic carbocycles. The molecule has 0 aliphatic heterocycles. The fourth-order valence-corrected chi connectivity index (χ4v) is 1.32. The maximum atomic E-state index is 12.2. The summed E-state index contributed by atoms with van der Waals surface area (Å²) in [6.45, 7) is -0.315. The topological polar surface area (TPSA) is 62.2 Å². The summed E-state index contributed by atoms with van der Waals surface area (Å²) in [5, 5.41) is 12.6. The maximum Gasteiger partial charge on any atom is 0.418 e. The maximum absolute atomic E-state index is 12.2.